The number of sulfonamides is 1. The molecule has 1 aromatic heterocycles. The van der Waals surface area contributed by atoms with Gasteiger partial charge >= 0.3 is 6.18 Å². The molecule has 0 spiro atoms. The Labute approximate surface area is 252 Å². The van der Waals surface area contributed by atoms with E-state index >= 15 is 0 Å². The van der Waals surface area contributed by atoms with E-state index in [1.54, 1.807) is 36.4 Å². The van der Waals surface area contributed by atoms with E-state index < -0.39 is 38.5 Å². The molecule has 2 heterocycles. The number of halogens is 4. The first-order valence-corrected chi connectivity index (χ1v) is 14.6. The molecular weight excluding hydrogens is 601 g/mol. The van der Waals surface area contributed by atoms with Gasteiger partial charge in [-0.05, 0) is 66.6 Å². The lowest BCUT2D eigenvalue weighted by atomic mass is 9.91. The van der Waals surface area contributed by atoms with Crippen LogP contribution in [0.25, 0.3) is 0 Å². The third-order valence-corrected chi connectivity index (χ3v) is 7.75. The van der Waals surface area contributed by atoms with Crippen LogP contribution in [0, 0.1) is 5.92 Å². The third-order valence-electron chi connectivity index (χ3n) is 6.22. The van der Waals surface area contributed by atoms with Crippen LogP contribution in [0.3, 0.4) is 0 Å². The molecule has 13 heteroatoms. The molecule has 2 N–H and O–H groups in total. The predicted molar refractivity (Wildman–Crippen MR) is 162 cm³/mol. The highest BCUT2D eigenvalue weighted by molar-refractivity contribution is 7.90. The topological polar surface area (TPSA) is 113 Å². The first-order valence-electron chi connectivity index (χ1n) is 12.8. The zero-order chi connectivity index (χ0) is 31.2. The van der Waals surface area contributed by atoms with E-state index in [1.807, 2.05) is 31.2 Å². The number of benzene rings is 2. The van der Waals surface area contributed by atoms with Crippen molar-refractivity contribution in [3.05, 3.63) is 131 Å². The van der Waals surface area contributed by atoms with Gasteiger partial charge in [-0.3, -0.25) is 4.98 Å². The van der Waals surface area contributed by atoms with Gasteiger partial charge in [0.1, 0.15) is 5.84 Å². The molecule has 0 amide bonds. The minimum atomic E-state index is -4.64. The molecule has 1 atom stereocenters. The fraction of sp³-hybridized carbons (Fsp3) is 0.133. The monoisotopic (exact) mass is 626 g/mol. The average Bonchev–Trinajstić information content (AvgIpc) is 3.43. The smallest absolute Gasteiger partial charge is 0.383 e. The summed E-state index contributed by atoms with van der Waals surface area (Å²) in [6, 6.07) is 13.1. The number of alkyl halides is 3. The van der Waals surface area contributed by atoms with Gasteiger partial charge < -0.3 is 5.73 Å². The molecule has 0 unspecified atom stereocenters. The number of rotatable bonds is 7. The number of amidine groups is 1. The van der Waals surface area contributed by atoms with Gasteiger partial charge in [-0.1, -0.05) is 54.6 Å². The molecule has 1 aliphatic rings. The zero-order valence-corrected chi connectivity index (χ0v) is 24.4. The second kappa shape index (κ2) is 13.2. The van der Waals surface area contributed by atoms with Crippen molar-refractivity contribution >= 4 is 39.1 Å². The molecule has 2 aromatic carbocycles. The molecule has 222 valence electrons. The maximum Gasteiger partial charge on any atom is 0.416 e. The van der Waals surface area contributed by atoms with Crippen LogP contribution in [0.2, 0.25) is 5.02 Å². The summed E-state index contributed by atoms with van der Waals surface area (Å²) < 4.78 is 69.8. The van der Waals surface area contributed by atoms with E-state index in [1.165, 1.54) is 17.4 Å². The highest BCUT2D eigenvalue weighted by Crippen LogP contribution is 2.31. The van der Waals surface area contributed by atoms with Crippen molar-refractivity contribution < 1.29 is 21.6 Å². The van der Waals surface area contributed by atoms with Gasteiger partial charge in [0.2, 0.25) is 0 Å². The minimum Gasteiger partial charge on any atom is -0.383 e. The van der Waals surface area contributed by atoms with Gasteiger partial charge in [0.25, 0.3) is 16.0 Å². The maximum atomic E-state index is 13.3. The molecular formula is C30H26ClF3N6O2S. The molecule has 0 saturated heterocycles. The molecule has 0 fully saturated rings. The molecule has 43 heavy (non-hydrogen) atoms. The number of hydrazone groups is 1. The van der Waals surface area contributed by atoms with E-state index in [0.29, 0.717) is 39.6 Å². The Morgan fingerprint density at radius 2 is 1.72 bits per heavy atom. The van der Waals surface area contributed by atoms with E-state index in [9.17, 15) is 21.6 Å². The van der Waals surface area contributed by atoms with Crippen molar-refractivity contribution in [2.24, 2.45) is 26.1 Å². The molecule has 1 aliphatic heterocycles. The SMILES string of the molecule is C=C(/C=C\C=C/C)[C@H]1CN(C(N=C(N)c2ccncc2)=NS(=O)(=O)c2ccc(C(F)(F)F)cc2)N=C1c1ccc(Cl)cc1. The van der Waals surface area contributed by atoms with Gasteiger partial charge in [-0.2, -0.15) is 31.7 Å². The number of allylic oxidation sites excluding steroid dienone is 4. The fourth-order valence-electron chi connectivity index (χ4n) is 4.00. The van der Waals surface area contributed by atoms with Gasteiger partial charge in [0, 0.05) is 28.9 Å². The number of guanidine groups is 1. The van der Waals surface area contributed by atoms with Crippen molar-refractivity contribution in [1.29, 1.82) is 0 Å². The standard InChI is InChI=1S/C30H26ClF3N6O2S/c1-3-4-5-6-20(2)26-19-40(38-27(26)21-7-11-24(31)12-8-21)29(37-28(35)22-15-17-36-18-16-22)39-43(41,42)25-13-9-23(10-14-25)30(32,33)34/h3-18,26H,2,19H2,1H3,(H2,35,37,39)/b4-3-,6-5-/t26-/m1/s1. The number of aliphatic imine (C=N–C) groups is 1. The number of nitrogens with zero attached hydrogens (tertiary/aromatic N) is 5. The summed E-state index contributed by atoms with van der Waals surface area (Å²) in [4.78, 5) is 7.78. The highest BCUT2D eigenvalue weighted by Gasteiger charge is 2.34. The van der Waals surface area contributed by atoms with E-state index in [2.05, 4.69) is 26.1 Å². The largest absolute Gasteiger partial charge is 0.416 e. The Balaban J connectivity index is 1.83. The molecule has 8 nitrogen and oxygen atoms in total. The quantitative estimate of drug-likeness (QED) is 0.190. The summed E-state index contributed by atoms with van der Waals surface area (Å²) in [6.45, 7) is 6.14. The number of nitrogens with two attached hydrogens (primary N) is 1. The summed E-state index contributed by atoms with van der Waals surface area (Å²) in [6.07, 6.45) is 5.64. The molecule has 4 rings (SSSR count). The first-order chi connectivity index (χ1) is 20.4. The normalized spacial score (nSPS) is 16.7. The summed E-state index contributed by atoms with van der Waals surface area (Å²) >= 11 is 6.09. The Morgan fingerprint density at radius 1 is 1.07 bits per heavy atom. The maximum absolute atomic E-state index is 13.3. The fourth-order valence-corrected chi connectivity index (χ4v) is 5.06. The van der Waals surface area contributed by atoms with Crippen LogP contribution in [0.4, 0.5) is 13.2 Å². The van der Waals surface area contributed by atoms with Crippen LogP contribution in [0.15, 0.2) is 129 Å². The van der Waals surface area contributed by atoms with Gasteiger partial charge in [0.15, 0.2) is 0 Å². The molecule has 0 aliphatic carbocycles. The predicted octanol–water partition coefficient (Wildman–Crippen LogP) is 6.23. The van der Waals surface area contributed by atoms with Crippen molar-refractivity contribution in [1.82, 2.24) is 9.99 Å². The van der Waals surface area contributed by atoms with Crippen LogP contribution >= 0.6 is 11.6 Å². The van der Waals surface area contributed by atoms with E-state index in [-0.39, 0.29) is 12.4 Å². The molecule has 0 saturated carbocycles. The van der Waals surface area contributed by atoms with Gasteiger partial charge in [-0.15, -0.1) is 4.40 Å². The molecule has 0 bridgehead atoms. The Bertz CT molecular complexity index is 1730. The average molecular weight is 627 g/mol. The summed E-state index contributed by atoms with van der Waals surface area (Å²) in [5.41, 5.74) is 7.58. The summed E-state index contributed by atoms with van der Waals surface area (Å²) in [5.74, 6) is -0.894. The van der Waals surface area contributed by atoms with Gasteiger partial charge in [-0.25, -0.2) is 5.01 Å². The summed E-state index contributed by atoms with van der Waals surface area (Å²) in [7, 11) is -4.56. The van der Waals surface area contributed by atoms with Crippen molar-refractivity contribution in [2.45, 2.75) is 18.0 Å². The molecule has 0 radical (unpaired) electrons. The van der Waals surface area contributed by atoms with E-state index in [0.717, 1.165) is 12.1 Å². The Hall–Kier alpha value is -4.55. The van der Waals surface area contributed by atoms with E-state index in [4.69, 9.17) is 17.3 Å². The van der Waals surface area contributed by atoms with Crippen molar-refractivity contribution in [3.8, 4) is 0 Å². The first kappa shape index (κ1) is 31.4. The third kappa shape index (κ3) is 7.85. The van der Waals surface area contributed by atoms with Crippen molar-refractivity contribution in [2.75, 3.05) is 6.54 Å². The van der Waals surface area contributed by atoms with Crippen LogP contribution < -0.4 is 5.73 Å². The second-order valence-electron chi connectivity index (χ2n) is 9.21. The highest BCUT2D eigenvalue weighted by atomic mass is 35.5. The Kier molecular flexibility index (Phi) is 9.62. The van der Waals surface area contributed by atoms with Gasteiger partial charge in [0.05, 0.1) is 22.7 Å². The number of hydrogen-bond donors (Lipinski definition) is 1. The lowest BCUT2D eigenvalue weighted by Crippen LogP contribution is -2.29. The Morgan fingerprint density at radius 3 is 2.33 bits per heavy atom. The van der Waals surface area contributed by atoms with Crippen molar-refractivity contribution in [3.63, 3.8) is 0 Å². The number of pyridine rings is 1. The zero-order valence-electron chi connectivity index (χ0n) is 22.8. The molecule has 3 aromatic rings. The lowest BCUT2D eigenvalue weighted by molar-refractivity contribution is -0.137. The summed E-state index contributed by atoms with van der Waals surface area (Å²) in [5, 5.41) is 6.46. The van der Waals surface area contributed by atoms with Crippen LogP contribution in [-0.4, -0.2) is 42.5 Å². The lowest BCUT2D eigenvalue weighted by Gasteiger charge is -2.16. The minimum absolute atomic E-state index is 0.0812. The second-order valence-corrected chi connectivity index (χ2v) is 11.2. The van der Waals surface area contributed by atoms with Crippen LogP contribution in [-0.2, 0) is 16.2 Å². The number of hydrogen-bond acceptors (Lipinski definition) is 4. The van der Waals surface area contributed by atoms with Crippen LogP contribution in [0.1, 0.15) is 23.6 Å². The van der Waals surface area contributed by atoms with Crippen LogP contribution in [0.5, 0.6) is 0 Å². The number of aromatic nitrogens is 1.